The van der Waals surface area contributed by atoms with Crippen molar-refractivity contribution < 1.29 is 0 Å². The van der Waals surface area contributed by atoms with Crippen molar-refractivity contribution in [3.8, 4) is 0 Å². The van der Waals surface area contributed by atoms with Crippen LogP contribution in [-0.2, 0) is 19.4 Å². The molecule has 0 aromatic heterocycles. The van der Waals surface area contributed by atoms with Crippen LogP contribution in [0.25, 0.3) is 0 Å². The molecular formula is C21H25IN4. The van der Waals surface area contributed by atoms with Crippen molar-refractivity contribution >= 4 is 41.3 Å². The Balaban J connectivity index is 0.00000196. The number of benzene rings is 2. The van der Waals surface area contributed by atoms with Crippen molar-refractivity contribution in [2.75, 3.05) is 23.3 Å². The van der Waals surface area contributed by atoms with Gasteiger partial charge in [-0.1, -0.05) is 30.4 Å². The van der Waals surface area contributed by atoms with Gasteiger partial charge in [0.2, 0.25) is 0 Å². The zero-order valence-electron chi connectivity index (χ0n) is 14.8. The Hall–Kier alpha value is -2.02. The van der Waals surface area contributed by atoms with E-state index < -0.39 is 0 Å². The van der Waals surface area contributed by atoms with E-state index in [9.17, 15) is 0 Å². The Labute approximate surface area is 172 Å². The molecule has 0 radical (unpaired) electrons. The summed E-state index contributed by atoms with van der Waals surface area (Å²) in [6, 6.07) is 15.0. The maximum absolute atomic E-state index is 6.05. The smallest absolute Gasteiger partial charge is 0.193 e. The number of nitrogens with two attached hydrogens (primary N) is 1. The number of hydrogen-bond acceptors (Lipinski definition) is 2. The van der Waals surface area contributed by atoms with E-state index >= 15 is 0 Å². The highest BCUT2D eigenvalue weighted by molar-refractivity contribution is 14.0. The molecule has 26 heavy (non-hydrogen) atoms. The van der Waals surface area contributed by atoms with Crippen LogP contribution in [0.15, 0.2) is 59.6 Å². The third-order valence-electron chi connectivity index (χ3n) is 4.92. The van der Waals surface area contributed by atoms with Crippen LogP contribution in [0.5, 0.6) is 0 Å². The fourth-order valence-corrected chi connectivity index (χ4v) is 3.51. The van der Waals surface area contributed by atoms with Gasteiger partial charge in [-0.25, -0.2) is 4.99 Å². The molecule has 0 fully saturated rings. The number of anilines is 2. The van der Waals surface area contributed by atoms with Crippen LogP contribution in [0.4, 0.5) is 11.4 Å². The molecule has 0 spiro atoms. The molecule has 0 amide bonds. The molecule has 2 aromatic rings. The molecule has 0 atom stereocenters. The van der Waals surface area contributed by atoms with Gasteiger partial charge >= 0.3 is 0 Å². The molecule has 0 bridgehead atoms. The second kappa shape index (κ2) is 8.58. The van der Waals surface area contributed by atoms with Gasteiger partial charge in [0.25, 0.3) is 0 Å². The van der Waals surface area contributed by atoms with E-state index in [1.807, 2.05) is 0 Å². The third-order valence-corrected chi connectivity index (χ3v) is 4.92. The lowest BCUT2D eigenvalue weighted by molar-refractivity contribution is 0.912. The van der Waals surface area contributed by atoms with Gasteiger partial charge in [-0.05, 0) is 60.2 Å². The maximum Gasteiger partial charge on any atom is 0.193 e. The standard InChI is InChI=1S/C21H24N4.HI/c22-21(24-19-9-8-17-4-3-5-18(17)14-19)23-15-16-6-10-20(11-7-16)25-12-1-2-13-25;/h1-2,6-11,14H,3-5,12-13,15H2,(H3,22,23,24);1H. The molecule has 4 nitrogen and oxygen atoms in total. The number of nitrogens with one attached hydrogen (secondary N) is 1. The molecule has 0 unspecified atom stereocenters. The van der Waals surface area contributed by atoms with Crippen LogP contribution in [0.1, 0.15) is 23.1 Å². The predicted molar refractivity (Wildman–Crippen MR) is 121 cm³/mol. The van der Waals surface area contributed by atoms with Crippen molar-refractivity contribution in [2.45, 2.75) is 25.8 Å². The lowest BCUT2D eigenvalue weighted by Gasteiger charge is -2.17. The van der Waals surface area contributed by atoms with Gasteiger partial charge in [0, 0.05) is 24.5 Å². The molecule has 1 heterocycles. The number of hydrogen-bond donors (Lipinski definition) is 2. The summed E-state index contributed by atoms with van der Waals surface area (Å²) in [4.78, 5) is 6.80. The average molecular weight is 460 g/mol. The Morgan fingerprint density at radius 1 is 1.00 bits per heavy atom. The summed E-state index contributed by atoms with van der Waals surface area (Å²) in [6.07, 6.45) is 8.02. The van der Waals surface area contributed by atoms with Crippen molar-refractivity contribution in [1.29, 1.82) is 0 Å². The summed E-state index contributed by atoms with van der Waals surface area (Å²) in [7, 11) is 0. The van der Waals surface area contributed by atoms with Crippen LogP contribution in [0.2, 0.25) is 0 Å². The van der Waals surface area contributed by atoms with E-state index in [1.165, 1.54) is 36.1 Å². The molecule has 0 saturated carbocycles. The van der Waals surface area contributed by atoms with Gasteiger partial charge in [0.05, 0.1) is 6.54 Å². The minimum Gasteiger partial charge on any atom is -0.370 e. The van der Waals surface area contributed by atoms with Gasteiger partial charge < -0.3 is 16.0 Å². The summed E-state index contributed by atoms with van der Waals surface area (Å²) in [6.45, 7) is 2.58. The Bertz CT molecular complexity index is 803. The van der Waals surface area contributed by atoms with Crippen LogP contribution >= 0.6 is 24.0 Å². The van der Waals surface area contributed by atoms with E-state index in [0.717, 1.165) is 24.3 Å². The normalized spacial score (nSPS) is 15.7. The number of guanidine groups is 1. The largest absolute Gasteiger partial charge is 0.370 e. The Morgan fingerprint density at radius 2 is 1.73 bits per heavy atom. The molecule has 2 aliphatic rings. The molecule has 2 aromatic carbocycles. The quantitative estimate of drug-likeness (QED) is 0.313. The highest BCUT2D eigenvalue weighted by atomic mass is 127. The van der Waals surface area contributed by atoms with E-state index in [2.05, 4.69) is 69.8 Å². The van der Waals surface area contributed by atoms with Gasteiger partial charge in [-0.3, -0.25) is 0 Å². The summed E-state index contributed by atoms with van der Waals surface area (Å²) >= 11 is 0. The lowest BCUT2D eigenvalue weighted by Crippen LogP contribution is -2.22. The third kappa shape index (κ3) is 4.38. The molecule has 0 saturated heterocycles. The second-order valence-electron chi connectivity index (χ2n) is 6.71. The summed E-state index contributed by atoms with van der Waals surface area (Å²) < 4.78 is 0. The van der Waals surface area contributed by atoms with E-state index in [4.69, 9.17) is 5.73 Å². The van der Waals surface area contributed by atoms with Crippen molar-refractivity contribution in [1.82, 2.24) is 0 Å². The first-order valence-corrected chi connectivity index (χ1v) is 8.95. The number of nitrogens with zero attached hydrogens (tertiary/aromatic N) is 2. The molecule has 5 heteroatoms. The highest BCUT2D eigenvalue weighted by Crippen LogP contribution is 2.24. The van der Waals surface area contributed by atoms with Crippen LogP contribution < -0.4 is 16.0 Å². The number of halogens is 1. The number of fused-ring (bicyclic) bond motifs is 1. The minimum absolute atomic E-state index is 0. The summed E-state index contributed by atoms with van der Waals surface area (Å²) in [5.74, 6) is 0.464. The first-order valence-electron chi connectivity index (χ1n) is 8.95. The zero-order chi connectivity index (χ0) is 17.1. The lowest BCUT2D eigenvalue weighted by atomic mass is 10.1. The SMILES string of the molecule is I.NC(=NCc1ccc(N2CC=CC2)cc1)Nc1ccc2c(c1)CCC2. The average Bonchev–Trinajstić information content (AvgIpc) is 3.32. The van der Waals surface area contributed by atoms with Crippen molar-refractivity contribution in [2.24, 2.45) is 10.7 Å². The van der Waals surface area contributed by atoms with E-state index in [1.54, 1.807) is 0 Å². The van der Waals surface area contributed by atoms with Crippen LogP contribution in [0.3, 0.4) is 0 Å². The maximum atomic E-state index is 6.05. The molecule has 4 rings (SSSR count). The van der Waals surface area contributed by atoms with E-state index in [0.29, 0.717) is 12.5 Å². The summed E-state index contributed by atoms with van der Waals surface area (Å²) in [5.41, 5.74) is 12.4. The van der Waals surface area contributed by atoms with Gasteiger partial charge in [0.1, 0.15) is 0 Å². The van der Waals surface area contributed by atoms with Crippen molar-refractivity contribution in [3.05, 3.63) is 71.3 Å². The monoisotopic (exact) mass is 460 g/mol. The number of rotatable bonds is 4. The highest BCUT2D eigenvalue weighted by Gasteiger charge is 2.11. The molecular weight excluding hydrogens is 435 g/mol. The van der Waals surface area contributed by atoms with Gasteiger partial charge in [0.15, 0.2) is 5.96 Å². The fourth-order valence-electron chi connectivity index (χ4n) is 3.51. The van der Waals surface area contributed by atoms with Gasteiger partial charge in [-0.15, -0.1) is 24.0 Å². The summed E-state index contributed by atoms with van der Waals surface area (Å²) in [5, 5.41) is 3.21. The topological polar surface area (TPSA) is 53.6 Å². The first-order chi connectivity index (χ1) is 12.3. The van der Waals surface area contributed by atoms with Crippen LogP contribution in [-0.4, -0.2) is 19.0 Å². The molecule has 3 N–H and O–H groups in total. The molecule has 136 valence electrons. The van der Waals surface area contributed by atoms with Crippen molar-refractivity contribution in [3.63, 3.8) is 0 Å². The number of aliphatic imine (C=N–C) groups is 1. The first kappa shape index (κ1) is 18.8. The predicted octanol–water partition coefficient (Wildman–Crippen LogP) is 4.10. The number of aryl methyl sites for hydroxylation is 2. The Morgan fingerprint density at radius 3 is 2.50 bits per heavy atom. The molecule has 1 aliphatic carbocycles. The zero-order valence-corrected chi connectivity index (χ0v) is 17.1. The minimum atomic E-state index is 0. The van der Waals surface area contributed by atoms with Crippen LogP contribution in [0, 0.1) is 0 Å². The fraction of sp³-hybridized carbons (Fsp3) is 0.286. The second-order valence-corrected chi connectivity index (χ2v) is 6.71. The van der Waals surface area contributed by atoms with E-state index in [-0.39, 0.29) is 24.0 Å². The molecule has 1 aliphatic heterocycles. The van der Waals surface area contributed by atoms with Gasteiger partial charge in [-0.2, -0.15) is 0 Å². The Kier molecular flexibility index (Phi) is 6.19.